The number of aliphatic hydroxyl groups excluding tert-OH is 1. The van der Waals surface area contributed by atoms with Crippen molar-refractivity contribution in [1.82, 2.24) is 24.9 Å². The predicted octanol–water partition coefficient (Wildman–Crippen LogP) is 1.19. The number of halogens is 1. The summed E-state index contributed by atoms with van der Waals surface area (Å²) >= 11 is 0. The molecule has 1 atom stereocenters. The molecule has 0 radical (unpaired) electrons. The van der Waals surface area contributed by atoms with E-state index in [1.807, 2.05) is 0 Å². The van der Waals surface area contributed by atoms with Crippen LogP contribution in [0, 0.1) is 5.82 Å². The summed E-state index contributed by atoms with van der Waals surface area (Å²) < 4.78 is 39.5. The van der Waals surface area contributed by atoms with Crippen molar-refractivity contribution < 1.29 is 17.9 Å². The van der Waals surface area contributed by atoms with E-state index in [2.05, 4.69) is 20.1 Å². The second-order valence-corrected chi connectivity index (χ2v) is 7.76. The zero-order chi connectivity index (χ0) is 19.4. The summed E-state index contributed by atoms with van der Waals surface area (Å²) in [7, 11) is -3.70. The van der Waals surface area contributed by atoms with Crippen LogP contribution in [0.2, 0.25) is 0 Å². The van der Waals surface area contributed by atoms with E-state index in [1.165, 1.54) is 36.0 Å². The molecule has 27 heavy (non-hydrogen) atoms. The predicted molar refractivity (Wildman–Crippen MR) is 95.6 cm³/mol. The number of hydrogen-bond donors (Lipinski definition) is 2. The molecule has 0 fully saturated rings. The Kier molecular flexibility index (Phi) is 5.59. The van der Waals surface area contributed by atoms with E-state index in [-0.39, 0.29) is 17.3 Å². The largest absolute Gasteiger partial charge is 0.392 e. The number of nitrogens with zero attached hydrogens (tertiary/aromatic N) is 4. The first kappa shape index (κ1) is 19.1. The summed E-state index contributed by atoms with van der Waals surface area (Å²) in [6.45, 7) is 1.76. The van der Waals surface area contributed by atoms with Gasteiger partial charge in [0.15, 0.2) is 0 Å². The van der Waals surface area contributed by atoms with E-state index in [0.29, 0.717) is 17.9 Å². The number of nitrogens with one attached hydrogen (secondary N) is 1. The van der Waals surface area contributed by atoms with Gasteiger partial charge in [0.05, 0.1) is 17.5 Å². The van der Waals surface area contributed by atoms with E-state index in [9.17, 15) is 17.9 Å². The number of aromatic nitrogens is 4. The zero-order valence-electron chi connectivity index (χ0n) is 14.4. The van der Waals surface area contributed by atoms with Crippen molar-refractivity contribution in [2.75, 3.05) is 6.54 Å². The SMILES string of the molecule is C[C@@H](O)CNS(=O)(=O)c1ccc(-c2nnn(Cc3ccc(F)cc3)n2)cc1. The van der Waals surface area contributed by atoms with Gasteiger partial charge in [-0.2, -0.15) is 4.80 Å². The van der Waals surface area contributed by atoms with Gasteiger partial charge in [0.25, 0.3) is 0 Å². The van der Waals surface area contributed by atoms with Gasteiger partial charge in [0.2, 0.25) is 15.8 Å². The zero-order valence-corrected chi connectivity index (χ0v) is 15.3. The molecule has 0 spiro atoms. The maximum absolute atomic E-state index is 12.9. The molecule has 2 aromatic carbocycles. The number of aliphatic hydroxyl groups is 1. The molecule has 3 rings (SSSR count). The fourth-order valence-corrected chi connectivity index (χ4v) is 3.40. The second kappa shape index (κ2) is 7.91. The lowest BCUT2D eigenvalue weighted by Crippen LogP contribution is -2.30. The molecule has 10 heteroatoms. The maximum atomic E-state index is 12.9. The molecule has 0 unspecified atom stereocenters. The van der Waals surface area contributed by atoms with Gasteiger partial charge in [-0.05, 0) is 54.1 Å². The molecule has 0 aliphatic rings. The first-order valence-corrected chi connectivity index (χ1v) is 9.62. The van der Waals surface area contributed by atoms with E-state index >= 15 is 0 Å². The first-order valence-electron chi connectivity index (χ1n) is 8.14. The standard InChI is InChI=1S/C17H18FN5O3S/c1-12(24)10-19-27(25,26)16-8-4-14(5-9-16)17-20-22-23(21-17)11-13-2-6-15(18)7-3-13/h2-9,12,19,24H,10-11H2,1H3/t12-/m1/s1. The molecule has 0 aliphatic carbocycles. The third kappa shape index (κ3) is 4.94. The van der Waals surface area contributed by atoms with Crippen molar-refractivity contribution in [2.24, 2.45) is 0 Å². The Morgan fingerprint density at radius 1 is 1.15 bits per heavy atom. The number of benzene rings is 2. The number of sulfonamides is 1. The Bertz CT molecular complexity index is 1000. The van der Waals surface area contributed by atoms with Crippen molar-refractivity contribution >= 4 is 10.0 Å². The van der Waals surface area contributed by atoms with Gasteiger partial charge in [-0.1, -0.05) is 12.1 Å². The fourth-order valence-electron chi connectivity index (χ4n) is 2.28. The summed E-state index contributed by atoms with van der Waals surface area (Å²) in [5.74, 6) is 0.0296. The van der Waals surface area contributed by atoms with Crippen molar-refractivity contribution in [3.63, 3.8) is 0 Å². The van der Waals surface area contributed by atoms with Crippen LogP contribution in [-0.2, 0) is 16.6 Å². The maximum Gasteiger partial charge on any atom is 0.240 e. The number of hydrogen-bond acceptors (Lipinski definition) is 6. The third-order valence-corrected chi connectivity index (χ3v) is 5.12. The van der Waals surface area contributed by atoms with Crippen molar-refractivity contribution in [3.05, 3.63) is 59.9 Å². The van der Waals surface area contributed by atoms with Crippen LogP contribution in [0.3, 0.4) is 0 Å². The Morgan fingerprint density at radius 2 is 1.81 bits per heavy atom. The summed E-state index contributed by atoms with van der Waals surface area (Å²) in [5, 5.41) is 21.4. The van der Waals surface area contributed by atoms with Crippen LogP contribution in [0.1, 0.15) is 12.5 Å². The highest BCUT2D eigenvalue weighted by atomic mass is 32.2. The minimum atomic E-state index is -3.70. The van der Waals surface area contributed by atoms with E-state index < -0.39 is 16.1 Å². The molecule has 1 aromatic heterocycles. The Morgan fingerprint density at radius 3 is 2.44 bits per heavy atom. The van der Waals surface area contributed by atoms with E-state index in [0.717, 1.165) is 5.56 Å². The molecule has 0 saturated heterocycles. The minimum absolute atomic E-state index is 0.0661. The lowest BCUT2D eigenvalue weighted by molar-refractivity contribution is 0.198. The first-order chi connectivity index (χ1) is 12.8. The molecule has 142 valence electrons. The van der Waals surface area contributed by atoms with E-state index in [4.69, 9.17) is 0 Å². The highest BCUT2D eigenvalue weighted by Gasteiger charge is 2.15. The van der Waals surface area contributed by atoms with Crippen molar-refractivity contribution in [1.29, 1.82) is 0 Å². The summed E-state index contributed by atoms with van der Waals surface area (Å²) in [4.78, 5) is 1.45. The number of tetrazole rings is 1. The Balaban J connectivity index is 1.72. The van der Waals surface area contributed by atoms with Gasteiger partial charge in [0, 0.05) is 12.1 Å². The van der Waals surface area contributed by atoms with Gasteiger partial charge >= 0.3 is 0 Å². The second-order valence-electron chi connectivity index (χ2n) is 6.00. The molecule has 0 bridgehead atoms. The van der Waals surface area contributed by atoms with Crippen LogP contribution in [-0.4, -0.2) is 46.4 Å². The average Bonchev–Trinajstić information content (AvgIpc) is 3.11. The van der Waals surface area contributed by atoms with Crippen LogP contribution in [0.15, 0.2) is 53.4 Å². The highest BCUT2D eigenvalue weighted by molar-refractivity contribution is 7.89. The molecule has 3 aromatic rings. The molecular weight excluding hydrogens is 373 g/mol. The van der Waals surface area contributed by atoms with Crippen LogP contribution in [0.4, 0.5) is 4.39 Å². The Hall–Kier alpha value is -2.69. The topological polar surface area (TPSA) is 110 Å². The molecule has 0 aliphatic heterocycles. The summed E-state index contributed by atoms with van der Waals surface area (Å²) in [5.41, 5.74) is 1.43. The average molecular weight is 391 g/mol. The molecule has 2 N–H and O–H groups in total. The van der Waals surface area contributed by atoms with E-state index in [1.54, 1.807) is 24.3 Å². The normalized spacial score (nSPS) is 12.9. The summed E-state index contributed by atoms with van der Waals surface area (Å²) in [6, 6.07) is 12.0. The molecule has 8 nitrogen and oxygen atoms in total. The highest BCUT2D eigenvalue weighted by Crippen LogP contribution is 2.17. The monoisotopic (exact) mass is 391 g/mol. The van der Waals surface area contributed by atoms with Crippen molar-refractivity contribution in [3.8, 4) is 11.4 Å². The summed E-state index contributed by atoms with van der Waals surface area (Å²) in [6.07, 6.45) is -0.778. The molecule has 0 amide bonds. The fraction of sp³-hybridized carbons (Fsp3) is 0.235. The van der Waals surface area contributed by atoms with Gasteiger partial charge in [-0.3, -0.25) is 0 Å². The lowest BCUT2D eigenvalue weighted by atomic mass is 10.2. The van der Waals surface area contributed by atoms with Gasteiger partial charge in [0.1, 0.15) is 5.82 Å². The van der Waals surface area contributed by atoms with Crippen LogP contribution in [0.25, 0.3) is 11.4 Å². The van der Waals surface area contributed by atoms with Crippen LogP contribution >= 0.6 is 0 Å². The Labute approximate surface area is 155 Å². The smallest absolute Gasteiger partial charge is 0.240 e. The number of rotatable bonds is 7. The quantitative estimate of drug-likeness (QED) is 0.626. The van der Waals surface area contributed by atoms with Gasteiger partial charge in [-0.25, -0.2) is 17.5 Å². The van der Waals surface area contributed by atoms with Crippen molar-refractivity contribution in [2.45, 2.75) is 24.5 Å². The van der Waals surface area contributed by atoms with Crippen LogP contribution < -0.4 is 4.72 Å². The molecule has 0 saturated carbocycles. The molecular formula is C17H18FN5O3S. The minimum Gasteiger partial charge on any atom is -0.392 e. The van der Waals surface area contributed by atoms with Gasteiger partial charge in [-0.15, -0.1) is 10.2 Å². The van der Waals surface area contributed by atoms with Gasteiger partial charge < -0.3 is 5.11 Å². The van der Waals surface area contributed by atoms with Crippen LogP contribution in [0.5, 0.6) is 0 Å². The third-order valence-electron chi connectivity index (χ3n) is 3.68. The lowest BCUT2D eigenvalue weighted by Gasteiger charge is -2.08. The molecule has 1 heterocycles.